The maximum atomic E-state index is 9.16. The third kappa shape index (κ3) is 3.64. The molecule has 2 aromatic rings. The van der Waals surface area contributed by atoms with Crippen molar-refractivity contribution in [3.05, 3.63) is 30.7 Å². The average molecular weight is 354 g/mol. The summed E-state index contributed by atoms with van der Waals surface area (Å²) >= 11 is 0. The van der Waals surface area contributed by atoms with Crippen molar-refractivity contribution in [3.8, 4) is 11.3 Å². The van der Waals surface area contributed by atoms with Gasteiger partial charge in [0.05, 0.1) is 18.5 Å². The van der Waals surface area contributed by atoms with Crippen LogP contribution >= 0.6 is 0 Å². The van der Waals surface area contributed by atoms with Crippen molar-refractivity contribution in [2.75, 3.05) is 62.2 Å². The third-order valence-electron chi connectivity index (χ3n) is 5.21. The summed E-state index contributed by atoms with van der Waals surface area (Å²) in [5, 5.41) is 9.16. The summed E-state index contributed by atoms with van der Waals surface area (Å²) in [6.45, 7) is 6.79. The minimum absolute atomic E-state index is 0.219. The van der Waals surface area contributed by atoms with Crippen molar-refractivity contribution in [1.29, 1.82) is 0 Å². The second kappa shape index (κ2) is 7.97. The highest BCUT2D eigenvalue weighted by molar-refractivity contribution is 5.68. The Morgan fingerprint density at radius 2 is 1.58 bits per heavy atom. The highest BCUT2D eigenvalue weighted by atomic mass is 16.3. The van der Waals surface area contributed by atoms with E-state index in [2.05, 4.69) is 19.7 Å². The van der Waals surface area contributed by atoms with Crippen LogP contribution in [0.3, 0.4) is 0 Å². The SMILES string of the molecule is OCCN1CCN(c2nc(-c3ccncc3)cnc2N2CCCC2)CC1. The van der Waals surface area contributed by atoms with Crippen LogP contribution in [0.2, 0.25) is 0 Å². The number of β-amino-alcohol motifs (C(OH)–C–C–N with tert-alkyl or cyclic N) is 1. The first-order chi connectivity index (χ1) is 12.8. The van der Waals surface area contributed by atoms with Gasteiger partial charge in [-0.25, -0.2) is 9.97 Å². The van der Waals surface area contributed by atoms with Crippen LogP contribution in [0.15, 0.2) is 30.7 Å². The van der Waals surface area contributed by atoms with Crippen molar-refractivity contribution < 1.29 is 5.11 Å². The van der Waals surface area contributed by atoms with E-state index in [0.717, 1.165) is 68.7 Å². The molecule has 0 atom stereocenters. The van der Waals surface area contributed by atoms with E-state index in [1.807, 2.05) is 18.3 Å². The molecule has 2 aliphatic rings. The Morgan fingerprint density at radius 3 is 2.27 bits per heavy atom. The Bertz CT molecular complexity index is 711. The molecule has 4 rings (SSSR count). The highest BCUT2D eigenvalue weighted by Crippen LogP contribution is 2.31. The molecule has 0 amide bonds. The number of nitrogens with zero attached hydrogens (tertiary/aromatic N) is 6. The summed E-state index contributed by atoms with van der Waals surface area (Å²) in [6, 6.07) is 3.95. The van der Waals surface area contributed by atoms with Crippen molar-refractivity contribution in [1.82, 2.24) is 19.9 Å². The van der Waals surface area contributed by atoms with E-state index in [9.17, 15) is 0 Å². The largest absolute Gasteiger partial charge is 0.395 e. The van der Waals surface area contributed by atoms with Crippen molar-refractivity contribution in [2.45, 2.75) is 12.8 Å². The molecule has 2 aliphatic heterocycles. The monoisotopic (exact) mass is 354 g/mol. The van der Waals surface area contributed by atoms with Gasteiger partial charge in [0.15, 0.2) is 11.6 Å². The molecule has 4 heterocycles. The number of aliphatic hydroxyl groups is 1. The number of hydrogen-bond donors (Lipinski definition) is 1. The molecule has 0 saturated carbocycles. The van der Waals surface area contributed by atoms with E-state index in [1.54, 1.807) is 12.4 Å². The van der Waals surface area contributed by atoms with Gasteiger partial charge in [-0.2, -0.15) is 0 Å². The molecule has 7 nitrogen and oxygen atoms in total. The molecule has 7 heteroatoms. The molecule has 0 radical (unpaired) electrons. The summed E-state index contributed by atoms with van der Waals surface area (Å²) in [7, 11) is 0. The fraction of sp³-hybridized carbons (Fsp3) is 0.526. The maximum absolute atomic E-state index is 9.16. The fourth-order valence-electron chi connectivity index (χ4n) is 3.72. The van der Waals surface area contributed by atoms with Gasteiger partial charge >= 0.3 is 0 Å². The van der Waals surface area contributed by atoms with E-state index in [-0.39, 0.29) is 6.61 Å². The standard InChI is InChI=1S/C19H26N6O/c26-14-13-23-9-11-25(12-10-23)19-18(24-7-1-2-8-24)21-15-17(22-19)16-3-5-20-6-4-16/h3-6,15,26H,1-2,7-14H2. The van der Waals surface area contributed by atoms with Gasteiger partial charge in [-0.15, -0.1) is 0 Å². The molecule has 0 unspecified atom stereocenters. The minimum atomic E-state index is 0.219. The summed E-state index contributed by atoms with van der Waals surface area (Å²) in [5.74, 6) is 2.00. The third-order valence-corrected chi connectivity index (χ3v) is 5.21. The van der Waals surface area contributed by atoms with E-state index in [4.69, 9.17) is 15.1 Å². The molecule has 0 aliphatic carbocycles. The van der Waals surface area contributed by atoms with Crippen LogP contribution in [0.5, 0.6) is 0 Å². The second-order valence-corrected chi connectivity index (χ2v) is 6.88. The highest BCUT2D eigenvalue weighted by Gasteiger charge is 2.25. The number of anilines is 2. The molecular formula is C19H26N6O. The van der Waals surface area contributed by atoms with E-state index >= 15 is 0 Å². The molecule has 26 heavy (non-hydrogen) atoms. The van der Waals surface area contributed by atoms with Gasteiger partial charge in [-0.3, -0.25) is 9.88 Å². The fourth-order valence-corrected chi connectivity index (χ4v) is 3.72. The van der Waals surface area contributed by atoms with E-state index in [0.29, 0.717) is 0 Å². The number of piperazine rings is 1. The Hall–Kier alpha value is -2.25. The van der Waals surface area contributed by atoms with Crippen molar-refractivity contribution >= 4 is 11.6 Å². The normalized spacial score (nSPS) is 18.5. The summed E-state index contributed by atoms with van der Waals surface area (Å²) in [6.07, 6.45) is 7.90. The van der Waals surface area contributed by atoms with Gasteiger partial charge in [-0.05, 0) is 25.0 Å². The van der Waals surface area contributed by atoms with Crippen LogP contribution in [0.4, 0.5) is 11.6 Å². The Kier molecular flexibility index (Phi) is 5.26. The molecule has 2 fully saturated rings. The number of aliphatic hydroxyl groups excluding tert-OH is 1. The summed E-state index contributed by atoms with van der Waals surface area (Å²) in [4.78, 5) is 20.9. The molecule has 2 aromatic heterocycles. The molecule has 138 valence electrons. The van der Waals surface area contributed by atoms with Crippen LogP contribution in [-0.4, -0.2) is 77.4 Å². The molecule has 1 N–H and O–H groups in total. The lowest BCUT2D eigenvalue weighted by molar-refractivity contribution is 0.188. The second-order valence-electron chi connectivity index (χ2n) is 6.88. The lowest BCUT2D eigenvalue weighted by Crippen LogP contribution is -2.48. The lowest BCUT2D eigenvalue weighted by Gasteiger charge is -2.36. The van der Waals surface area contributed by atoms with Gasteiger partial charge in [0.25, 0.3) is 0 Å². The summed E-state index contributed by atoms with van der Waals surface area (Å²) in [5.41, 5.74) is 1.93. The summed E-state index contributed by atoms with van der Waals surface area (Å²) < 4.78 is 0. The van der Waals surface area contributed by atoms with Gasteiger partial charge in [0, 0.05) is 63.8 Å². The Balaban J connectivity index is 1.63. The number of hydrogen-bond acceptors (Lipinski definition) is 7. The smallest absolute Gasteiger partial charge is 0.172 e. The minimum Gasteiger partial charge on any atom is -0.395 e. The van der Waals surface area contributed by atoms with Crippen LogP contribution in [0, 0.1) is 0 Å². The Morgan fingerprint density at radius 1 is 0.885 bits per heavy atom. The quantitative estimate of drug-likeness (QED) is 0.867. The van der Waals surface area contributed by atoms with Gasteiger partial charge in [0.1, 0.15) is 0 Å². The molecular weight excluding hydrogens is 328 g/mol. The predicted octanol–water partition coefficient (Wildman–Crippen LogP) is 1.25. The molecule has 0 aromatic carbocycles. The molecule has 0 bridgehead atoms. The average Bonchev–Trinajstić information content (AvgIpc) is 3.24. The van der Waals surface area contributed by atoms with Crippen molar-refractivity contribution in [3.63, 3.8) is 0 Å². The van der Waals surface area contributed by atoms with Crippen LogP contribution < -0.4 is 9.80 Å². The van der Waals surface area contributed by atoms with Gasteiger partial charge in [0.2, 0.25) is 0 Å². The number of aromatic nitrogens is 3. The topological polar surface area (TPSA) is 68.6 Å². The van der Waals surface area contributed by atoms with Gasteiger partial charge < -0.3 is 14.9 Å². The molecule has 2 saturated heterocycles. The first-order valence-corrected chi connectivity index (χ1v) is 9.46. The lowest BCUT2D eigenvalue weighted by atomic mass is 10.2. The predicted molar refractivity (Wildman–Crippen MR) is 102 cm³/mol. The van der Waals surface area contributed by atoms with Crippen LogP contribution in [0.25, 0.3) is 11.3 Å². The maximum Gasteiger partial charge on any atom is 0.172 e. The zero-order valence-corrected chi connectivity index (χ0v) is 15.1. The van der Waals surface area contributed by atoms with E-state index < -0.39 is 0 Å². The Labute approximate surface area is 154 Å². The van der Waals surface area contributed by atoms with Crippen LogP contribution in [-0.2, 0) is 0 Å². The van der Waals surface area contributed by atoms with E-state index in [1.165, 1.54) is 12.8 Å². The zero-order chi connectivity index (χ0) is 17.8. The van der Waals surface area contributed by atoms with Crippen molar-refractivity contribution in [2.24, 2.45) is 0 Å². The number of rotatable bonds is 5. The first kappa shape index (κ1) is 17.2. The zero-order valence-electron chi connectivity index (χ0n) is 15.1. The number of pyridine rings is 1. The van der Waals surface area contributed by atoms with Crippen LogP contribution in [0.1, 0.15) is 12.8 Å². The van der Waals surface area contributed by atoms with Gasteiger partial charge in [-0.1, -0.05) is 0 Å². The molecule has 0 spiro atoms. The first-order valence-electron chi connectivity index (χ1n) is 9.46.